The van der Waals surface area contributed by atoms with Crippen molar-refractivity contribution in [2.75, 3.05) is 18.8 Å². The van der Waals surface area contributed by atoms with Crippen LogP contribution in [0.3, 0.4) is 0 Å². The molecule has 0 spiro atoms. The maximum absolute atomic E-state index is 5.91. The van der Waals surface area contributed by atoms with E-state index < -0.39 is 0 Å². The van der Waals surface area contributed by atoms with Crippen LogP contribution in [0, 0.1) is 13.8 Å². The van der Waals surface area contributed by atoms with Crippen molar-refractivity contribution in [1.82, 2.24) is 14.9 Å². The van der Waals surface area contributed by atoms with E-state index in [0.717, 1.165) is 51.3 Å². The van der Waals surface area contributed by atoms with Crippen LogP contribution in [-0.2, 0) is 0 Å². The van der Waals surface area contributed by atoms with Gasteiger partial charge in [0.2, 0.25) is 6.79 Å². The first-order chi connectivity index (χ1) is 17.5. The second-order valence-corrected chi connectivity index (χ2v) is 9.28. The molecule has 2 unspecified atom stereocenters. The normalized spacial score (nSPS) is 18.4. The fourth-order valence-electron chi connectivity index (χ4n) is 5.22. The average molecular weight is 499 g/mol. The molecule has 2 aromatic carbocycles. The topological polar surface area (TPSA) is 60.8 Å². The number of methoxy groups -OCH3 is 1. The molecular weight excluding hydrogens is 472 g/mol. The number of hydrogen-bond acceptors (Lipinski definition) is 5. The summed E-state index contributed by atoms with van der Waals surface area (Å²) in [6.45, 7) is 4.50. The van der Waals surface area contributed by atoms with E-state index in [2.05, 4.69) is 45.7 Å². The highest BCUT2D eigenvalue weighted by Crippen LogP contribution is 2.46. The molecule has 1 N–H and O–H groups in total. The van der Waals surface area contributed by atoms with Crippen LogP contribution in [0.4, 0.5) is 5.69 Å². The number of fused-ring (bicyclic) bond motifs is 1. The zero-order valence-corrected chi connectivity index (χ0v) is 21.1. The van der Waals surface area contributed by atoms with Crippen LogP contribution in [0.5, 0.6) is 17.2 Å². The van der Waals surface area contributed by atoms with Crippen LogP contribution in [0.15, 0.2) is 72.9 Å². The second kappa shape index (κ2) is 8.87. The van der Waals surface area contributed by atoms with E-state index in [1.165, 1.54) is 0 Å². The largest absolute Gasteiger partial charge is 0.497 e. The first kappa shape index (κ1) is 22.4. The molecule has 1 fully saturated rings. The van der Waals surface area contributed by atoms with Gasteiger partial charge in [-0.15, -0.1) is 0 Å². The van der Waals surface area contributed by atoms with Gasteiger partial charge in [-0.25, -0.2) is 0 Å². The Balaban J connectivity index is 1.50. The molecule has 2 aliphatic heterocycles. The lowest BCUT2D eigenvalue weighted by Crippen LogP contribution is -2.29. The molecule has 2 atom stereocenters. The first-order valence-corrected chi connectivity index (χ1v) is 12.2. The molecule has 2 aliphatic rings. The molecule has 2 aromatic heterocycles. The zero-order chi connectivity index (χ0) is 24.8. The van der Waals surface area contributed by atoms with Crippen molar-refractivity contribution in [3.8, 4) is 22.9 Å². The van der Waals surface area contributed by atoms with Gasteiger partial charge in [-0.2, -0.15) is 0 Å². The van der Waals surface area contributed by atoms with Crippen LogP contribution in [0.2, 0.25) is 0 Å². The van der Waals surface area contributed by atoms with Gasteiger partial charge in [-0.3, -0.25) is 4.98 Å². The predicted octanol–water partition coefficient (Wildman–Crippen LogP) is 5.40. The molecule has 0 amide bonds. The van der Waals surface area contributed by atoms with E-state index in [0.29, 0.717) is 5.11 Å². The quantitative estimate of drug-likeness (QED) is 0.370. The summed E-state index contributed by atoms with van der Waals surface area (Å²) >= 11 is 5.91. The maximum Gasteiger partial charge on any atom is 0.231 e. The third kappa shape index (κ3) is 3.65. The number of nitrogens with one attached hydrogen (secondary N) is 1. The molecule has 0 saturated carbocycles. The van der Waals surface area contributed by atoms with Crippen molar-refractivity contribution >= 4 is 23.0 Å². The molecule has 6 rings (SSSR count). The number of aromatic nitrogens is 2. The number of rotatable bonds is 5. The Labute approximate surface area is 215 Å². The van der Waals surface area contributed by atoms with Crippen molar-refractivity contribution in [3.05, 3.63) is 95.6 Å². The van der Waals surface area contributed by atoms with E-state index >= 15 is 0 Å². The summed E-state index contributed by atoms with van der Waals surface area (Å²) in [6.07, 6.45) is 1.82. The molecule has 4 aromatic rings. The van der Waals surface area contributed by atoms with Gasteiger partial charge in [0.1, 0.15) is 5.75 Å². The molecule has 182 valence electrons. The summed E-state index contributed by atoms with van der Waals surface area (Å²) in [5, 5.41) is 4.18. The highest BCUT2D eigenvalue weighted by molar-refractivity contribution is 7.80. The Hall–Kier alpha value is -4.04. The van der Waals surface area contributed by atoms with Gasteiger partial charge in [-0.1, -0.05) is 12.1 Å². The van der Waals surface area contributed by atoms with Gasteiger partial charge >= 0.3 is 0 Å². The van der Waals surface area contributed by atoms with Gasteiger partial charge in [0.05, 0.1) is 24.9 Å². The van der Waals surface area contributed by atoms with Gasteiger partial charge in [0, 0.05) is 41.1 Å². The molecule has 0 bridgehead atoms. The summed E-state index contributed by atoms with van der Waals surface area (Å²) in [5.41, 5.74) is 6.33. The van der Waals surface area contributed by atoms with Crippen LogP contribution in [0.1, 0.15) is 34.7 Å². The number of hydrogen-bond donors (Lipinski definition) is 1. The molecule has 0 aliphatic carbocycles. The van der Waals surface area contributed by atoms with Crippen LogP contribution in [0.25, 0.3) is 5.69 Å². The predicted molar refractivity (Wildman–Crippen MR) is 142 cm³/mol. The molecule has 36 heavy (non-hydrogen) atoms. The summed E-state index contributed by atoms with van der Waals surface area (Å²) in [4.78, 5) is 6.84. The molecule has 7 nitrogen and oxygen atoms in total. The van der Waals surface area contributed by atoms with Crippen LogP contribution < -0.4 is 24.4 Å². The van der Waals surface area contributed by atoms with Gasteiger partial charge in [0.25, 0.3) is 0 Å². The van der Waals surface area contributed by atoms with E-state index in [1.807, 2.05) is 60.8 Å². The Kier molecular flexibility index (Phi) is 5.53. The maximum atomic E-state index is 5.91. The standard InChI is InChI=1S/C28H26N4O3S/c1-17-13-22(18(2)31(17)19-7-6-8-21(14-19)33-3)27-26(23-9-4-5-12-29-23)30-28(36)32(27)20-10-11-24-25(15-20)35-16-34-24/h4-15,26-27H,16H2,1-3H3,(H,30,36). The number of ether oxygens (including phenoxy) is 3. The summed E-state index contributed by atoms with van der Waals surface area (Å²) in [6, 6.07) is 22.0. The summed E-state index contributed by atoms with van der Waals surface area (Å²) in [5.74, 6) is 2.28. The minimum atomic E-state index is -0.136. The number of pyridine rings is 1. The molecular formula is C28H26N4O3S. The Bertz CT molecular complexity index is 1450. The van der Waals surface area contributed by atoms with E-state index in [-0.39, 0.29) is 18.9 Å². The van der Waals surface area contributed by atoms with Crippen molar-refractivity contribution < 1.29 is 14.2 Å². The minimum absolute atomic E-state index is 0.127. The Morgan fingerprint density at radius 1 is 0.972 bits per heavy atom. The smallest absolute Gasteiger partial charge is 0.231 e. The number of benzene rings is 2. The van der Waals surface area contributed by atoms with Crippen LogP contribution in [-0.4, -0.2) is 28.6 Å². The highest BCUT2D eigenvalue weighted by atomic mass is 32.1. The Morgan fingerprint density at radius 2 is 1.83 bits per heavy atom. The fourth-order valence-corrected chi connectivity index (χ4v) is 5.56. The lowest BCUT2D eigenvalue weighted by molar-refractivity contribution is 0.174. The van der Waals surface area contributed by atoms with Crippen molar-refractivity contribution in [1.29, 1.82) is 0 Å². The monoisotopic (exact) mass is 498 g/mol. The van der Waals surface area contributed by atoms with E-state index in [9.17, 15) is 0 Å². The molecule has 4 heterocycles. The van der Waals surface area contributed by atoms with Gasteiger partial charge in [-0.05, 0) is 74.1 Å². The summed E-state index contributed by atoms with van der Waals surface area (Å²) in [7, 11) is 1.69. The van der Waals surface area contributed by atoms with Crippen molar-refractivity contribution in [2.24, 2.45) is 0 Å². The third-order valence-electron chi connectivity index (χ3n) is 6.83. The number of thiocarbonyl (C=S) groups is 1. The highest BCUT2D eigenvalue weighted by Gasteiger charge is 2.42. The van der Waals surface area contributed by atoms with Crippen molar-refractivity contribution in [3.63, 3.8) is 0 Å². The van der Waals surface area contributed by atoms with Gasteiger partial charge in [0.15, 0.2) is 16.6 Å². The Morgan fingerprint density at radius 3 is 2.64 bits per heavy atom. The number of nitrogens with zero attached hydrogens (tertiary/aromatic N) is 3. The third-order valence-corrected chi connectivity index (χ3v) is 7.15. The lowest BCUT2D eigenvalue weighted by atomic mass is 9.96. The van der Waals surface area contributed by atoms with E-state index in [1.54, 1.807) is 7.11 Å². The zero-order valence-electron chi connectivity index (χ0n) is 20.3. The molecule has 0 radical (unpaired) electrons. The molecule has 1 saturated heterocycles. The first-order valence-electron chi connectivity index (χ1n) is 11.8. The van der Waals surface area contributed by atoms with Crippen molar-refractivity contribution in [2.45, 2.75) is 25.9 Å². The number of anilines is 1. The summed E-state index contributed by atoms with van der Waals surface area (Å²) < 4.78 is 19.0. The van der Waals surface area contributed by atoms with E-state index in [4.69, 9.17) is 26.4 Å². The lowest BCUT2D eigenvalue weighted by Gasteiger charge is -2.28. The average Bonchev–Trinajstić information content (AvgIpc) is 3.59. The molecule has 8 heteroatoms. The fraction of sp³-hybridized carbons (Fsp3) is 0.214. The minimum Gasteiger partial charge on any atom is -0.497 e. The van der Waals surface area contributed by atoms with Crippen LogP contribution >= 0.6 is 12.2 Å². The van der Waals surface area contributed by atoms with Gasteiger partial charge < -0.3 is 29.0 Å². The number of aryl methyl sites for hydroxylation is 1. The second-order valence-electron chi connectivity index (χ2n) is 8.90. The SMILES string of the molecule is COc1cccc(-n2c(C)cc(C3C(c4ccccn4)NC(=S)N3c3ccc4c(c3)OCO4)c2C)c1.